The smallest absolute Gasteiger partial charge is 0.244 e. The molecule has 64 valence electrons. The van der Waals surface area contributed by atoms with E-state index in [0.717, 1.165) is 17.4 Å². The lowest BCUT2D eigenvalue weighted by Crippen LogP contribution is -2.21. The second-order valence-electron chi connectivity index (χ2n) is 2.73. The summed E-state index contributed by atoms with van der Waals surface area (Å²) in [4.78, 5) is 11.2. The van der Waals surface area contributed by atoms with Gasteiger partial charge in [-0.15, -0.1) is 0 Å². The second kappa shape index (κ2) is 2.90. The van der Waals surface area contributed by atoms with Crippen molar-refractivity contribution in [2.45, 2.75) is 12.5 Å². The predicted octanol–water partition coefficient (Wildman–Crippen LogP) is 0.707. The summed E-state index contributed by atoms with van der Waals surface area (Å²) in [6.45, 7) is 0.751. The Morgan fingerprint density at radius 3 is 3.08 bits per heavy atom. The van der Waals surface area contributed by atoms with Gasteiger partial charge in [0, 0.05) is 12.7 Å². The Morgan fingerprint density at radius 2 is 2.58 bits per heavy atom. The molecule has 1 aromatic heterocycles. The maximum Gasteiger partial charge on any atom is 0.244 e. The highest BCUT2D eigenvalue weighted by atomic mass is 79.9. The van der Waals surface area contributed by atoms with Gasteiger partial charge in [-0.05, 0) is 22.4 Å². The quantitative estimate of drug-likeness (QED) is 0.772. The van der Waals surface area contributed by atoms with E-state index in [1.807, 2.05) is 6.20 Å². The molecule has 1 saturated heterocycles. The Labute approximate surface area is 78.1 Å². The maximum absolute atomic E-state index is 11.2. The first kappa shape index (κ1) is 7.79. The standard InChI is InChI=1S/C7H8BrN3O/c8-5-3-10-11(4-5)6-1-2-9-7(6)12/h3-4,6H,1-2H2,(H,9,12)/t6-/m0/s1. The fourth-order valence-corrected chi connectivity index (χ4v) is 1.62. The zero-order valence-corrected chi connectivity index (χ0v) is 7.91. The summed E-state index contributed by atoms with van der Waals surface area (Å²) in [6.07, 6.45) is 4.33. The molecule has 2 rings (SSSR count). The number of hydrogen-bond acceptors (Lipinski definition) is 2. The van der Waals surface area contributed by atoms with E-state index in [9.17, 15) is 4.79 Å². The largest absolute Gasteiger partial charge is 0.354 e. The van der Waals surface area contributed by atoms with E-state index < -0.39 is 0 Å². The van der Waals surface area contributed by atoms with Crippen LogP contribution in [0.1, 0.15) is 12.5 Å². The van der Waals surface area contributed by atoms with Crippen LogP contribution in [0.25, 0.3) is 0 Å². The summed E-state index contributed by atoms with van der Waals surface area (Å²) in [5.74, 6) is 0.0607. The van der Waals surface area contributed by atoms with Crippen molar-refractivity contribution in [2.24, 2.45) is 0 Å². The fraction of sp³-hybridized carbons (Fsp3) is 0.429. The average molecular weight is 230 g/mol. The van der Waals surface area contributed by atoms with Crippen molar-refractivity contribution in [1.82, 2.24) is 15.1 Å². The van der Waals surface area contributed by atoms with Crippen molar-refractivity contribution in [2.75, 3.05) is 6.54 Å². The summed E-state index contributed by atoms with van der Waals surface area (Å²) < 4.78 is 2.59. The molecular weight excluding hydrogens is 222 g/mol. The lowest BCUT2D eigenvalue weighted by Gasteiger charge is -2.05. The zero-order chi connectivity index (χ0) is 8.55. The summed E-state index contributed by atoms with van der Waals surface area (Å²) in [6, 6.07) is -0.115. The number of carbonyl (C=O) groups is 1. The number of amides is 1. The zero-order valence-electron chi connectivity index (χ0n) is 6.33. The number of carbonyl (C=O) groups excluding carboxylic acids is 1. The highest BCUT2D eigenvalue weighted by molar-refractivity contribution is 9.10. The van der Waals surface area contributed by atoms with Gasteiger partial charge >= 0.3 is 0 Å². The van der Waals surface area contributed by atoms with Crippen molar-refractivity contribution < 1.29 is 4.79 Å². The molecule has 1 atom stereocenters. The molecule has 1 amide bonds. The minimum Gasteiger partial charge on any atom is -0.354 e. The number of nitrogens with zero attached hydrogens (tertiary/aromatic N) is 2. The van der Waals surface area contributed by atoms with Gasteiger partial charge in [0.2, 0.25) is 5.91 Å². The van der Waals surface area contributed by atoms with Gasteiger partial charge in [0.25, 0.3) is 0 Å². The van der Waals surface area contributed by atoms with Gasteiger partial charge in [0.05, 0.1) is 10.7 Å². The van der Waals surface area contributed by atoms with Gasteiger partial charge in [0.15, 0.2) is 0 Å². The normalized spacial score (nSPS) is 22.8. The third kappa shape index (κ3) is 1.24. The molecule has 0 unspecified atom stereocenters. The number of nitrogens with one attached hydrogen (secondary N) is 1. The first-order chi connectivity index (χ1) is 5.77. The van der Waals surface area contributed by atoms with Crippen molar-refractivity contribution >= 4 is 21.8 Å². The van der Waals surface area contributed by atoms with Gasteiger partial charge in [0.1, 0.15) is 6.04 Å². The van der Waals surface area contributed by atoms with Gasteiger partial charge < -0.3 is 5.32 Å². The van der Waals surface area contributed by atoms with Gasteiger partial charge in [-0.2, -0.15) is 5.10 Å². The van der Waals surface area contributed by atoms with Crippen LogP contribution in [0.15, 0.2) is 16.9 Å². The molecule has 1 aromatic rings. The molecule has 1 N–H and O–H groups in total. The van der Waals surface area contributed by atoms with E-state index in [0.29, 0.717) is 0 Å². The number of halogens is 1. The van der Waals surface area contributed by atoms with E-state index in [-0.39, 0.29) is 11.9 Å². The lowest BCUT2D eigenvalue weighted by atomic mass is 10.2. The molecule has 0 saturated carbocycles. The molecule has 0 aromatic carbocycles. The second-order valence-corrected chi connectivity index (χ2v) is 3.65. The third-order valence-corrected chi connectivity index (χ3v) is 2.32. The fourth-order valence-electron chi connectivity index (χ4n) is 1.32. The van der Waals surface area contributed by atoms with Crippen LogP contribution in [-0.2, 0) is 4.79 Å². The summed E-state index contributed by atoms with van der Waals surface area (Å²) >= 11 is 3.28. The molecule has 1 aliphatic rings. The van der Waals surface area contributed by atoms with Crippen LogP contribution in [-0.4, -0.2) is 22.2 Å². The topological polar surface area (TPSA) is 46.9 Å². The minimum absolute atomic E-state index is 0.0607. The van der Waals surface area contributed by atoms with Crippen molar-refractivity contribution in [3.05, 3.63) is 16.9 Å². The van der Waals surface area contributed by atoms with Crippen molar-refractivity contribution in [3.63, 3.8) is 0 Å². The van der Waals surface area contributed by atoms with Crippen LogP contribution in [0.2, 0.25) is 0 Å². The van der Waals surface area contributed by atoms with Crippen LogP contribution >= 0.6 is 15.9 Å². The maximum atomic E-state index is 11.2. The van der Waals surface area contributed by atoms with Gasteiger partial charge in [-0.25, -0.2) is 0 Å². The molecule has 1 fully saturated rings. The van der Waals surface area contributed by atoms with Gasteiger partial charge in [-0.3, -0.25) is 9.48 Å². The number of rotatable bonds is 1. The van der Waals surface area contributed by atoms with Crippen LogP contribution in [0, 0.1) is 0 Å². The molecule has 0 bridgehead atoms. The molecule has 0 aliphatic carbocycles. The molecular formula is C7H8BrN3O. The molecule has 4 nitrogen and oxygen atoms in total. The minimum atomic E-state index is -0.115. The van der Waals surface area contributed by atoms with Crippen LogP contribution in [0.3, 0.4) is 0 Å². The number of hydrogen-bond donors (Lipinski definition) is 1. The SMILES string of the molecule is O=C1NCC[C@@H]1n1cc(Br)cn1. The van der Waals surface area contributed by atoms with E-state index in [1.54, 1.807) is 10.9 Å². The Hall–Kier alpha value is -0.840. The first-order valence-electron chi connectivity index (χ1n) is 3.75. The van der Waals surface area contributed by atoms with Crippen molar-refractivity contribution in [3.8, 4) is 0 Å². The van der Waals surface area contributed by atoms with Crippen molar-refractivity contribution in [1.29, 1.82) is 0 Å². The Bertz CT molecular complexity index is 309. The van der Waals surface area contributed by atoms with E-state index in [1.165, 1.54) is 0 Å². The summed E-state index contributed by atoms with van der Waals surface area (Å²) in [5.41, 5.74) is 0. The molecule has 0 spiro atoms. The molecule has 1 aliphatic heterocycles. The lowest BCUT2D eigenvalue weighted by molar-refractivity contribution is -0.122. The highest BCUT2D eigenvalue weighted by Crippen LogP contribution is 2.17. The Kier molecular flexibility index (Phi) is 1.88. The Morgan fingerprint density at radius 1 is 1.75 bits per heavy atom. The molecule has 2 heterocycles. The average Bonchev–Trinajstić information content (AvgIpc) is 2.58. The first-order valence-corrected chi connectivity index (χ1v) is 4.54. The predicted molar refractivity (Wildman–Crippen MR) is 46.6 cm³/mol. The molecule has 5 heteroatoms. The van der Waals surface area contributed by atoms with Crippen LogP contribution in [0.5, 0.6) is 0 Å². The van der Waals surface area contributed by atoms with Crippen LogP contribution in [0.4, 0.5) is 0 Å². The molecule has 12 heavy (non-hydrogen) atoms. The highest BCUT2D eigenvalue weighted by Gasteiger charge is 2.25. The van der Waals surface area contributed by atoms with E-state index in [4.69, 9.17) is 0 Å². The summed E-state index contributed by atoms with van der Waals surface area (Å²) in [7, 11) is 0. The molecule has 0 radical (unpaired) electrons. The number of aromatic nitrogens is 2. The Balaban J connectivity index is 2.24. The monoisotopic (exact) mass is 229 g/mol. The van der Waals surface area contributed by atoms with E-state index >= 15 is 0 Å². The summed E-state index contributed by atoms with van der Waals surface area (Å²) in [5, 5.41) is 6.82. The van der Waals surface area contributed by atoms with E-state index in [2.05, 4.69) is 26.3 Å². The van der Waals surface area contributed by atoms with Crippen LogP contribution < -0.4 is 5.32 Å². The van der Waals surface area contributed by atoms with Gasteiger partial charge in [-0.1, -0.05) is 0 Å². The third-order valence-electron chi connectivity index (χ3n) is 1.91.